The smallest absolute Gasteiger partial charge is 0.119 e. The van der Waals surface area contributed by atoms with Crippen LogP contribution in [0.4, 0.5) is 0 Å². The largest absolute Gasteiger partial charge is 0.508 e. The van der Waals surface area contributed by atoms with Gasteiger partial charge in [0.1, 0.15) is 5.75 Å². The highest BCUT2D eigenvalue weighted by Gasteiger charge is 2.22. The van der Waals surface area contributed by atoms with Gasteiger partial charge in [0.25, 0.3) is 0 Å². The Morgan fingerprint density at radius 3 is 2.42 bits per heavy atom. The standard InChI is InChI=1S/C22H19NO/c1-15-11-12-21(24)18(13-15)22(16-7-3-2-4-8-16)19-14-23-20-10-6-5-9-17(19)20/h2-14,22-24H,1H3. The summed E-state index contributed by atoms with van der Waals surface area (Å²) in [5.41, 5.74) is 5.54. The van der Waals surface area contributed by atoms with E-state index >= 15 is 0 Å². The third-order valence-corrected chi connectivity index (χ3v) is 4.56. The van der Waals surface area contributed by atoms with Gasteiger partial charge in [0.2, 0.25) is 0 Å². The summed E-state index contributed by atoms with van der Waals surface area (Å²) in [7, 11) is 0. The van der Waals surface area contributed by atoms with Crippen LogP contribution in [0.5, 0.6) is 5.75 Å². The van der Waals surface area contributed by atoms with Crippen LogP contribution in [0, 0.1) is 6.92 Å². The fourth-order valence-corrected chi connectivity index (χ4v) is 3.41. The number of aromatic amines is 1. The van der Waals surface area contributed by atoms with Gasteiger partial charge in [-0.15, -0.1) is 0 Å². The van der Waals surface area contributed by atoms with Crippen LogP contribution in [0.1, 0.15) is 28.2 Å². The second-order valence-corrected chi connectivity index (χ2v) is 6.20. The molecule has 0 bridgehead atoms. The summed E-state index contributed by atoms with van der Waals surface area (Å²) in [6, 6.07) is 24.5. The average molecular weight is 313 g/mol. The summed E-state index contributed by atoms with van der Waals surface area (Å²) in [6.45, 7) is 2.06. The van der Waals surface area contributed by atoms with Gasteiger partial charge >= 0.3 is 0 Å². The molecule has 118 valence electrons. The Balaban J connectivity index is 1.99. The number of benzene rings is 3. The molecule has 0 spiro atoms. The number of H-pyrrole nitrogens is 1. The highest BCUT2D eigenvalue weighted by atomic mass is 16.3. The lowest BCUT2D eigenvalue weighted by Crippen LogP contribution is -2.03. The predicted octanol–water partition coefficient (Wildman–Crippen LogP) is 5.36. The van der Waals surface area contributed by atoms with E-state index in [0.717, 1.165) is 16.6 Å². The Morgan fingerprint density at radius 1 is 0.833 bits per heavy atom. The molecule has 1 heterocycles. The molecule has 3 aromatic carbocycles. The lowest BCUT2D eigenvalue weighted by molar-refractivity contribution is 0.467. The Labute approximate surface area is 141 Å². The number of rotatable bonds is 3. The van der Waals surface area contributed by atoms with Crippen molar-refractivity contribution in [1.82, 2.24) is 4.98 Å². The lowest BCUT2D eigenvalue weighted by atomic mass is 9.84. The van der Waals surface area contributed by atoms with Crippen molar-refractivity contribution in [3.8, 4) is 5.75 Å². The van der Waals surface area contributed by atoms with E-state index in [1.165, 1.54) is 16.5 Å². The summed E-state index contributed by atoms with van der Waals surface area (Å²) in [5, 5.41) is 11.7. The maximum atomic E-state index is 10.5. The molecule has 0 fully saturated rings. The minimum Gasteiger partial charge on any atom is -0.508 e. The minimum atomic E-state index is -0.0118. The highest BCUT2D eigenvalue weighted by Crippen LogP contribution is 2.40. The number of hydrogen-bond acceptors (Lipinski definition) is 1. The molecule has 0 radical (unpaired) electrons. The Hall–Kier alpha value is -3.00. The van der Waals surface area contributed by atoms with Gasteiger partial charge in [-0.2, -0.15) is 0 Å². The second kappa shape index (κ2) is 5.89. The SMILES string of the molecule is Cc1ccc(O)c(C(c2ccccc2)c2c[nH]c3ccccc23)c1. The van der Waals surface area contributed by atoms with Gasteiger partial charge in [-0.05, 0) is 30.2 Å². The van der Waals surface area contributed by atoms with Crippen molar-refractivity contribution < 1.29 is 5.11 Å². The van der Waals surface area contributed by atoms with Gasteiger partial charge in [-0.25, -0.2) is 0 Å². The number of aromatic hydroxyl groups is 1. The van der Waals surface area contributed by atoms with Crippen LogP contribution in [0.15, 0.2) is 79.0 Å². The maximum absolute atomic E-state index is 10.5. The predicted molar refractivity (Wildman–Crippen MR) is 98.5 cm³/mol. The maximum Gasteiger partial charge on any atom is 0.119 e. The summed E-state index contributed by atoms with van der Waals surface area (Å²) in [6.07, 6.45) is 2.06. The van der Waals surface area contributed by atoms with Crippen molar-refractivity contribution in [1.29, 1.82) is 0 Å². The molecule has 0 aliphatic heterocycles. The van der Waals surface area contributed by atoms with Crippen LogP contribution in [0.25, 0.3) is 10.9 Å². The average Bonchev–Trinajstić information content (AvgIpc) is 3.03. The molecule has 1 aromatic heterocycles. The van der Waals surface area contributed by atoms with Crippen LogP contribution < -0.4 is 0 Å². The Morgan fingerprint density at radius 2 is 1.58 bits per heavy atom. The van der Waals surface area contributed by atoms with Gasteiger partial charge in [0, 0.05) is 28.6 Å². The van der Waals surface area contributed by atoms with Crippen molar-refractivity contribution in [3.63, 3.8) is 0 Å². The zero-order valence-electron chi connectivity index (χ0n) is 13.5. The van der Waals surface area contributed by atoms with Gasteiger partial charge in [0.05, 0.1) is 0 Å². The number of aryl methyl sites for hydroxylation is 1. The molecule has 24 heavy (non-hydrogen) atoms. The number of aromatic nitrogens is 1. The molecule has 0 saturated heterocycles. The van der Waals surface area contributed by atoms with Crippen molar-refractivity contribution in [2.24, 2.45) is 0 Å². The first-order valence-electron chi connectivity index (χ1n) is 8.14. The molecule has 0 aliphatic carbocycles. The first-order valence-corrected chi connectivity index (χ1v) is 8.14. The summed E-state index contributed by atoms with van der Waals surface area (Å²) in [5.74, 6) is 0.321. The van der Waals surface area contributed by atoms with Crippen LogP contribution in [-0.4, -0.2) is 10.1 Å². The highest BCUT2D eigenvalue weighted by molar-refractivity contribution is 5.85. The molecule has 0 aliphatic rings. The van der Waals surface area contributed by atoms with E-state index < -0.39 is 0 Å². The van der Waals surface area contributed by atoms with E-state index in [2.05, 4.69) is 54.5 Å². The third-order valence-electron chi connectivity index (χ3n) is 4.56. The lowest BCUT2D eigenvalue weighted by Gasteiger charge is -2.20. The van der Waals surface area contributed by atoms with E-state index in [4.69, 9.17) is 0 Å². The van der Waals surface area contributed by atoms with Crippen molar-refractivity contribution in [2.45, 2.75) is 12.8 Å². The second-order valence-electron chi connectivity index (χ2n) is 6.20. The molecule has 4 rings (SSSR count). The van der Waals surface area contributed by atoms with Crippen LogP contribution in [-0.2, 0) is 0 Å². The van der Waals surface area contributed by atoms with E-state index in [-0.39, 0.29) is 5.92 Å². The summed E-state index contributed by atoms with van der Waals surface area (Å²) in [4.78, 5) is 3.36. The van der Waals surface area contributed by atoms with Gasteiger partial charge in [0.15, 0.2) is 0 Å². The van der Waals surface area contributed by atoms with E-state index in [9.17, 15) is 5.11 Å². The third kappa shape index (κ3) is 2.46. The zero-order valence-corrected chi connectivity index (χ0v) is 13.5. The molecule has 2 nitrogen and oxygen atoms in total. The number of phenolic OH excluding ortho intramolecular Hbond substituents is 1. The van der Waals surface area contributed by atoms with Crippen LogP contribution >= 0.6 is 0 Å². The number of phenols is 1. The molecule has 2 heteroatoms. The van der Waals surface area contributed by atoms with Crippen molar-refractivity contribution in [3.05, 3.63) is 101 Å². The molecule has 1 unspecified atom stereocenters. The summed E-state index contributed by atoms with van der Waals surface area (Å²) >= 11 is 0. The Kier molecular flexibility index (Phi) is 3.58. The van der Waals surface area contributed by atoms with Gasteiger partial charge in [-0.1, -0.05) is 66.2 Å². The first-order chi connectivity index (χ1) is 11.7. The summed E-state index contributed by atoms with van der Waals surface area (Å²) < 4.78 is 0. The molecule has 1 atom stereocenters. The quantitative estimate of drug-likeness (QED) is 0.524. The van der Waals surface area contributed by atoms with E-state index in [1.54, 1.807) is 6.07 Å². The first kappa shape index (κ1) is 14.6. The minimum absolute atomic E-state index is 0.0118. The Bertz CT molecular complexity index is 985. The molecule has 0 saturated carbocycles. The molecular formula is C22H19NO. The van der Waals surface area contributed by atoms with Crippen LogP contribution in [0.2, 0.25) is 0 Å². The number of hydrogen-bond donors (Lipinski definition) is 2. The van der Waals surface area contributed by atoms with Gasteiger partial charge < -0.3 is 10.1 Å². The fraction of sp³-hybridized carbons (Fsp3) is 0.0909. The monoisotopic (exact) mass is 313 g/mol. The normalized spacial score (nSPS) is 12.4. The van der Waals surface area contributed by atoms with Gasteiger partial charge in [-0.3, -0.25) is 0 Å². The van der Waals surface area contributed by atoms with Crippen molar-refractivity contribution in [2.75, 3.05) is 0 Å². The topological polar surface area (TPSA) is 36.0 Å². The van der Waals surface area contributed by atoms with E-state index in [1.807, 2.05) is 30.3 Å². The number of para-hydroxylation sites is 1. The molecule has 4 aromatic rings. The molecule has 0 amide bonds. The molecular weight excluding hydrogens is 294 g/mol. The zero-order chi connectivity index (χ0) is 16.5. The molecule has 2 N–H and O–H groups in total. The van der Waals surface area contributed by atoms with Crippen LogP contribution in [0.3, 0.4) is 0 Å². The van der Waals surface area contributed by atoms with E-state index in [0.29, 0.717) is 5.75 Å². The number of nitrogens with one attached hydrogen (secondary N) is 1. The number of fused-ring (bicyclic) bond motifs is 1. The fourth-order valence-electron chi connectivity index (χ4n) is 3.41. The van der Waals surface area contributed by atoms with Crippen molar-refractivity contribution >= 4 is 10.9 Å².